The fraction of sp³-hybridized carbons (Fsp3) is 0.273. The van der Waals surface area contributed by atoms with Crippen LogP contribution in [0, 0.1) is 0 Å². The molecular weight excluding hydrogens is 411 g/mol. The van der Waals surface area contributed by atoms with Crippen LogP contribution in [-0.4, -0.2) is 22.9 Å². The van der Waals surface area contributed by atoms with E-state index in [1.807, 2.05) is 12.1 Å². The van der Waals surface area contributed by atoms with Gasteiger partial charge < -0.3 is 9.47 Å². The van der Waals surface area contributed by atoms with Gasteiger partial charge in [0.1, 0.15) is 0 Å². The number of ether oxygens (including phenoxy) is 2. The number of esters is 1. The fourth-order valence-corrected chi connectivity index (χ4v) is 3.06. The normalized spacial score (nSPS) is 11.5. The molecule has 0 aliphatic carbocycles. The third-order valence-electron chi connectivity index (χ3n) is 4.35. The van der Waals surface area contributed by atoms with Crippen LogP contribution < -0.4 is 4.74 Å². The Morgan fingerprint density at radius 3 is 2.31 bits per heavy atom. The smallest absolute Gasteiger partial charge is 0.344 e. The fourth-order valence-electron chi connectivity index (χ4n) is 2.76. The zero-order chi connectivity index (χ0) is 21.2. The van der Waals surface area contributed by atoms with Gasteiger partial charge in [-0.3, -0.25) is 0 Å². The SMILES string of the molecule is COCc1cc(OC(=O)c2ccc(C(C)(C)C)cc2)n(-c2ccc(Cl)c(Cl)c2)n1. The Morgan fingerprint density at radius 1 is 1.03 bits per heavy atom. The van der Waals surface area contributed by atoms with Gasteiger partial charge in [-0.05, 0) is 41.3 Å². The highest BCUT2D eigenvalue weighted by Crippen LogP contribution is 2.28. The van der Waals surface area contributed by atoms with E-state index in [9.17, 15) is 4.79 Å². The van der Waals surface area contributed by atoms with Gasteiger partial charge in [-0.25, -0.2) is 9.48 Å². The minimum absolute atomic E-state index is 0.00393. The second kappa shape index (κ2) is 8.57. The highest BCUT2D eigenvalue weighted by Gasteiger charge is 2.18. The van der Waals surface area contributed by atoms with Gasteiger partial charge in [-0.15, -0.1) is 0 Å². The molecule has 29 heavy (non-hydrogen) atoms. The van der Waals surface area contributed by atoms with E-state index in [2.05, 4.69) is 25.9 Å². The molecule has 1 aromatic heterocycles. The molecule has 2 aromatic carbocycles. The van der Waals surface area contributed by atoms with Crippen LogP contribution in [0.3, 0.4) is 0 Å². The van der Waals surface area contributed by atoms with E-state index in [-0.39, 0.29) is 17.9 Å². The van der Waals surface area contributed by atoms with Crippen LogP contribution in [0.25, 0.3) is 5.69 Å². The maximum atomic E-state index is 12.7. The monoisotopic (exact) mass is 432 g/mol. The first-order valence-corrected chi connectivity index (χ1v) is 9.80. The van der Waals surface area contributed by atoms with Crippen LogP contribution >= 0.6 is 23.2 Å². The van der Waals surface area contributed by atoms with Crippen molar-refractivity contribution in [3.8, 4) is 11.6 Å². The highest BCUT2D eigenvalue weighted by atomic mass is 35.5. The van der Waals surface area contributed by atoms with Crippen molar-refractivity contribution in [1.29, 1.82) is 0 Å². The van der Waals surface area contributed by atoms with Crippen molar-refractivity contribution in [3.63, 3.8) is 0 Å². The topological polar surface area (TPSA) is 53.4 Å². The van der Waals surface area contributed by atoms with Gasteiger partial charge in [0.2, 0.25) is 5.88 Å². The van der Waals surface area contributed by atoms with Crippen molar-refractivity contribution < 1.29 is 14.3 Å². The van der Waals surface area contributed by atoms with Crippen molar-refractivity contribution in [2.24, 2.45) is 0 Å². The van der Waals surface area contributed by atoms with E-state index in [4.69, 9.17) is 32.7 Å². The summed E-state index contributed by atoms with van der Waals surface area (Å²) < 4.78 is 12.3. The summed E-state index contributed by atoms with van der Waals surface area (Å²) in [6, 6.07) is 14.1. The molecule has 0 aliphatic heterocycles. The molecule has 0 saturated heterocycles. The van der Waals surface area contributed by atoms with E-state index in [0.717, 1.165) is 5.56 Å². The van der Waals surface area contributed by atoms with Crippen LogP contribution in [0.5, 0.6) is 5.88 Å². The summed E-state index contributed by atoms with van der Waals surface area (Å²) in [5, 5.41) is 5.25. The lowest BCUT2D eigenvalue weighted by molar-refractivity contribution is 0.0723. The quantitative estimate of drug-likeness (QED) is 0.475. The van der Waals surface area contributed by atoms with Gasteiger partial charge in [-0.1, -0.05) is 56.1 Å². The molecule has 0 unspecified atom stereocenters. The first-order chi connectivity index (χ1) is 13.7. The van der Waals surface area contributed by atoms with Gasteiger partial charge in [-0.2, -0.15) is 5.10 Å². The summed E-state index contributed by atoms with van der Waals surface area (Å²) in [5.74, 6) is -0.212. The van der Waals surface area contributed by atoms with Crippen molar-refractivity contribution in [1.82, 2.24) is 9.78 Å². The maximum Gasteiger partial charge on any atom is 0.344 e. The molecular formula is C22H22Cl2N2O3. The molecule has 0 N–H and O–H groups in total. The number of halogens is 2. The van der Waals surface area contributed by atoms with E-state index in [0.29, 0.717) is 27.0 Å². The Bertz CT molecular complexity index is 1020. The number of carbonyl (C=O) groups is 1. The minimum Gasteiger partial charge on any atom is -0.404 e. The zero-order valence-electron chi connectivity index (χ0n) is 16.7. The van der Waals surface area contributed by atoms with Crippen LogP contribution in [0.2, 0.25) is 10.0 Å². The van der Waals surface area contributed by atoms with Gasteiger partial charge in [0.25, 0.3) is 0 Å². The predicted octanol–water partition coefficient (Wildman–Crippen LogP) is 5.84. The Morgan fingerprint density at radius 2 is 1.72 bits per heavy atom. The van der Waals surface area contributed by atoms with Crippen LogP contribution in [0.1, 0.15) is 42.4 Å². The Balaban J connectivity index is 1.91. The minimum atomic E-state index is -0.476. The molecule has 0 fully saturated rings. The van der Waals surface area contributed by atoms with Crippen LogP contribution in [0.15, 0.2) is 48.5 Å². The molecule has 0 aliphatic rings. The molecule has 0 spiro atoms. The number of methoxy groups -OCH3 is 1. The van der Waals surface area contributed by atoms with E-state index in [1.54, 1.807) is 43.5 Å². The molecule has 1 heterocycles. The molecule has 3 aromatic rings. The standard InChI is InChI=1S/C22H22Cl2N2O3/c1-22(2,3)15-7-5-14(6-8-15)21(27)29-20-11-16(13-28-4)25-26(20)17-9-10-18(23)19(24)12-17/h5-12H,13H2,1-4H3. The summed E-state index contributed by atoms with van der Waals surface area (Å²) in [5.41, 5.74) is 2.83. The summed E-state index contributed by atoms with van der Waals surface area (Å²) >= 11 is 12.1. The molecule has 0 bridgehead atoms. The van der Waals surface area contributed by atoms with Crippen LogP contribution in [-0.2, 0) is 16.8 Å². The van der Waals surface area contributed by atoms with E-state index < -0.39 is 5.97 Å². The molecule has 3 rings (SSSR count). The largest absolute Gasteiger partial charge is 0.404 e. The lowest BCUT2D eigenvalue weighted by atomic mass is 9.87. The second-order valence-electron chi connectivity index (χ2n) is 7.63. The molecule has 0 saturated carbocycles. The molecule has 152 valence electrons. The number of carbonyl (C=O) groups excluding carboxylic acids is 1. The average molecular weight is 433 g/mol. The van der Waals surface area contributed by atoms with Gasteiger partial charge in [0, 0.05) is 13.2 Å². The Kier molecular flexibility index (Phi) is 6.32. The lowest BCUT2D eigenvalue weighted by Crippen LogP contribution is -2.14. The first-order valence-electron chi connectivity index (χ1n) is 9.05. The average Bonchev–Trinajstić information content (AvgIpc) is 3.06. The Labute approximate surface area is 180 Å². The molecule has 0 radical (unpaired) electrons. The van der Waals surface area contributed by atoms with E-state index >= 15 is 0 Å². The third-order valence-corrected chi connectivity index (χ3v) is 5.09. The number of rotatable bonds is 5. The van der Waals surface area contributed by atoms with E-state index in [1.165, 1.54) is 4.68 Å². The van der Waals surface area contributed by atoms with Crippen molar-refractivity contribution in [2.75, 3.05) is 7.11 Å². The number of benzene rings is 2. The maximum absolute atomic E-state index is 12.7. The molecule has 7 heteroatoms. The Hall–Kier alpha value is -2.34. The first kappa shape index (κ1) is 21.4. The van der Waals surface area contributed by atoms with Crippen LogP contribution in [0.4, 0.5) is 0 Å². The van der Waals surface area contributed by atoms with Gasteiger partial charge in [0.05, 0.1) is 33.6 Å². The predicted molar refractivity (Wildman–Crippen MR) is 114 cm³/mol. The molecule has 0 atom stereocenters. The van der Waals surface area contributed by atoms with Gasteiger partial charge in [0.15, 0.2) is 0 Å². The lowest BCUT2D eigenvalue weighted by Gasteiger charge is -2.18. The highest BCUT2D eigenvalue weighted by molar-refractivity contribution is 6.42. The second-order valence-corrected chi connectivity index (χ2v) is 8.45. The number of aromatic nitrogens is 2. The number of nitrogens with zero attached hydrogens (tertiary/aromatic N) is 2. The summed E-state index contributed by atoms with van der Waals surface area (Å²) in [7, 11) is 1.57. The van der Waals surface area contributed by atoms with Crippen molar-refractivity contribution in [3.05, 3.63) is 75.4 Å². The van der Waals surface area contributed by atoms with Gasteiger partial charge >= 0.3 is 5.97 Å². The van der Waals surface area contributed by atoms with Crippen molar-refractivity contribution >= 4 is 29.2 Å². The summed E-state index contributed by atoms with van der Waals surface area (Å²) in [6.45, 7) is 6.63. The summed E-state index contributed by atoms with van der Waals surface area (Å²) in [6.07, 6.45) is 0. The number of hydrogen-bond donors (Lipinski definition) is 0. The zero-order valence-corrected chi connectivity index (χ0v) is 18.2. The number of hydrogen-bond acceptors (Lipinski definition) is 4. The molecule has 0 amide bonds. The molecule has 5 nitrogen and oxygen atoms in total. The van der Waals surface area contributed by atoms with Crippen molar-refractivity contribution in [2.45, 2.75) is 32.8 Å². The third kappa shape index (κ3) is 4.99. The summed E-state index contributed by atoms with van der Waals surface area (Å²) in [4.78, 5) is 12.7.